The zero-order valence-corrected chi connectivity index (χ0v) is 8.31. The van der Waals surface area contributed by atoms with Gasteiger partial charge in [-0.25, -0.2) is 0 Å². The van der Waals surface area contributed by atoms with E-state index >= 15 is 0 Å². The van der Waals surface area contributed by atoms with E-state index in [2.05, 4.69) is 0 Å². The van der Waals surface area contributed by atoms with E-state index in [1.54, 1.807) is 0 Å². The van der Waals surface area contributed by atoms with Crippen LogP contribution in [0, 0.1) is 0 Å². The molecule has 0 saturated carbocycles. The summed E-state index contributed by atoms with van der Waals surface area (Å²) in [5, 5.41) is -0.535. The molecule has 0 bridgehead atoms. The second-order valence-corrected chi connectivity index (χ2v) is 4.30. The van der Waals surface area contributed by atoms with Crippen molar-refractivity contribution in [1.29, 1.82) is 0 Å². The van der Waals surface area contributed by atoms with Crippen molar-refractivity contribution >= 4 is 34.7 Å². The minimum absolute atomic E-state index is 0.225. The predicted octanol–water partition coefficient (Wildman–Crippen LogP) is 2.94. The van der Waals surface area contributed by atoms with Gasteiger partial charge in [-0.05, 0) is 23.2 Å². The Morgan fingerprint density at radius 1 is 1.38 bits per heavy atom. The Hall–Kier alpha value is -0.730. The van der Waals surface area contributed by atoms with Crippen LogP contribution in [0.3, 0.4) is 0 Å². The van der Waals surface area contributed by atoms with Gasteiger partial charge in [-0.1, -0.05) is 30.4 Å². The molecular weight excluding hydrogens is 204 g/mol. The Balaban J connectivity index is 2.34. The Morgan fingerprint density at radius 3 is 2.92 bits per heavy atom. The van der Waals surface area contributed by atoms with E-state index in [0.717, 1.165) is 10.5 Å². The molecule has 2 rings (SSSR count). The predicted molar refractivity (Wildman–Crippen MR) is 56.0 cm³/mol. The molecule has 66 valence electrons. The van der Waals surface area contributed by atoms with E-state index in [0.29, 0.717) is 0 Å². The van der Waals surface area contributed by atoms with E-state index in [1.165, 1.54) is 11.8 Å². The molecule has 1 aliphatic heterocycles. The fraction of sp³-hybridized carbons (Fsp3) is 0.100. The van der Waals surface area contributed by atoms with Crippen LogP contribution in [0.5, 0.6) is 0 Å². The molecule has 1 aliphatic rings. The Labute approximate surface area is 85.8 Å². The van der Waals surface area contributed by atoms with Crippen LogP contribution >= 0.6 is 23.4 Å². The van der Waals surface area contributed by atoms with E-state index < -0.39 is 0 Å². The molecule has 0 N–H and O–H groups in total. The summed E-state index contributed by atoms with van der Waals surface area (Å²) in [5.41, 5.74) is 1.15. The Morgan fingerprint density at radius 2 is 2.15 bits per heavy atom. The third-order valence-corrected chi connectivity index (χ3v) is 3.46. The van der Waals surface area contributed by atoms with Crippen LogP contribution in [0.4, 0.5) is 0 Å². The summed E-state index contributed by atoms with van der Waals surface area (Å²) in [7, 11) is 0. The number of carbonyl (C=O) groups is 1. The Kier molecular flexibility index (Phi) is 2.42. The minimum atomic E-state index is -0.309. The Bertz CT molecular complexity index is 373. The van der Waals surface area contributed by atoms with Crippen molar-refractivity contribution in [3.8, 4) is 0 Å². The van der Waals surface area contributed by atoms with Crippen molar-refractivity contribution in [3.63, 3.8) is 0 Å². The van der Waals surface area contributed by atoms with Gasteiger partial charge in [0.05, 0.1) is 0 Å². The quantitative estimate of drug-likeness (QED) is 0.663. The van der Waals surface area contributed by atoms with Crippen LogP contribution in [-0.4, -0.2) is 10.5 Å². The molecule has 0 amide bonds. The zero-order chi connectivity index (χ0) is 9.26. The number of rotatable bonds is 1. The van der Waals surface area contributed by atoms with Crippen molar-refractivity contribution < 1.29 is 4.79 Å². The van der Waals surface area contributed by atoms with Crippen molar-refractivity contribution in [2.75, 3.05) is 0 Å². The smallest absolute Gasteiger partial charge is 0.238 e. The van der Waals surface area contributed by atoms with Gasteiger partial charge in [0.1, 0.15) is 5.25 Å². The van der Waals surface area contributed by atoms with Gasteiger partial charge in [-0.2, -0.15) is 0 Å². The molecule has 13 heavy (non-hydrogen) atoms. The average molecular weight is 211 g/mol. The summed E-state index contributed by atoms with van der Waals surface area (Å²) in [6.07, 6.45) is 3.78. The fourth-order valence-electron chi connectivity index (χ4n) is 1.21. The molecule has 1 atom stereocenters. The number of carbonyl (C=O) groups excluding carboxylic acids is 1. The van der Waals surface area contributed by atoms with E-state index in [-0.39, 0.29) is 10.5 Å². The molecule has 0 aromatic heterocycles. The van der Waals surface area contributed by atoms with E-state index in [1.807, 2.05) is 36.4 Å². The number of benzene rings is 1. The number of fused-ring (bicyclic) bond motifs is 1. The lowest BCUT2D eigenvalue weighted by Gasteiger charge is -2.14. The summed E-state index contributed by atoms with van der Waals surface area (Å²) >= 11 is 6.91. The number of thioether (sulfide) groups is 1. The normalized spacial score (nSPS) is 19.6. The van der Waals surface area contributed by atoms with Gasteiger partial charge in [0, 0.05) is 4.90 Å². The number of hydrogen-bond donors (Lipinski definition) is 0. The summed E-state index contributed by atoms with van der Waals surface area (Å²) in [6, 6.07) is 7.96. The van der Waals surface area contributed by atoms with Crippen molar-refractivity contribution in [3.05, 3.63) is 35.9 Å². The first kappa shape index (κ1) is 8.85. The molecule has 1 heterocycles. The zero-order valence-electron chi connectivity index (χ0n) is 6.74. The second kappa shape index (κ2) is 3.56. The molecule has 1 unspecified atom stereocenters. The molecule has 0 spiro atoms. The molecule has 0 saturated heterocycles. The number of hydrogen-bond acceptors (Lipinski definition) is 2. The van der Waals surface area contributed by atoms with Crippen LogP contribution in [0.1, 0.15) is 5.56 Å². The highest BCUT2D eigenvalue weighted by atomic mass is 35.5. The van der Waals surface area contributed by atoms with Crippen LogP contribution in [0.25, 0.3) is 6.08 Å². The lowest BCUT2D eigenvalue weighted by atomic mass is 10.2. The van der Waals surface area contributed by atoms with Crippen LogP contribution in [0.15, 0.2) is 35.2 Å². The van der Waals surface area contributed by atoms with Gasteiger partial charge in [0.15, 0.2) is 0 Å². The van der Waals surface area contributed by atoms with Gasteiger partial charge in [-0.3, -0.25) is 4.79 Å². The van der Waals surface area contributed by atoms with Gasteiger partial charge < -0.3 is 0 Å². The highest BCUT2D eigenvalue weighted by molar-refractivity contribution is 8.01. The van der Waals surface area contributed by atoms with Gasteiger partial charge in [0.2, 0.25) is 5.24 Å². The molecular formula is C10H7ClOS. The van der Waals surface area contributed by atoms with Gasteiger partial charge in [-0.15, -0.1) is 11.8 Å². The SMILES string of the molecule is O=C(Cl)C1C=Cc2ccccc2S1. The topological polar surface area (TPSA) is 17.1 Å². The molecule has 1 nitrogen and oxygen atoms in total. The first-order valence-electron chi connectivity index (χ1n) is 3.90. The van der Waals surface area contributed by atoms with Gasteiger partial charge in [0.25, 0.3) is 0 Å². The first-order valence-corrected chi connectivity index (χ1v) is 5.16. The molecule has 3 heteroatoms. The maximum absolute atomic E-state index is 10.9. The van der Waals surface area contributed by atoms with E-state index in [9.17, 15) is 4.79 Å². The largest absolute Gasteiger partial charge is 0.280 e. The summed E-state index contributed by atoms with van der Waals surface area (Å²) < 4.78 is 0. The van der Waals surface area contributed by atoms with E-state index in [4.69, 9.17) is 11.6 Å². The lowest BCUT2D eigenvalue weighted by Crippen LogP contribution is -2.10. The average Bonchev–Trinajstić information content (AvgIpc) is 2.17. The lowest BCUT2D eigenvalue weighted by molar-refractivity contribution is -0.110. The summed E-state index contributed by atoms with van der Waals surface area (Å²) in [4.78, 5) is 12.0. The highest BCUT2D eigenvalue weighted by Crippen LogP contribution is 2.33. The minimum Gasteiger partial charge on any atom is -0.280 e. The summed E-state index contributed by atoms with van der Waals surface area (Å²) in [6.45, 7) is 0. The summed E-state index contributed by atoms with van der Waals surface area (Å²) in [5.74, 6) is 0. The molecule has 1 aromatic rings. The molecule has 0 fully saturated rings. The van der Waals surface area contributed by atoms with Crippen LogP contribution in [-0.2, 0) is 4.79 Å². The third kappa shape index (κ3) is 1.79. The standard InChI is InChI=1S/C10H7ClOS/c11-10(12)9-6-5-7-3-1-2-4-8(7)13-9/h1-6,9H. The monoisotopic (exact) mass is 210 g/mol. The third-order valence-electron chi connectivity index (χ3n) is 1.85. The maximum Gasteiger partial charge on any atom is 0.238 e. The van der Waals surface area contributed by atoms with Crippen LogP contribution in [0.2, 0.25) is 0 Å². The highest BCUT2D eigenvalue weighted by Gasteiger charge is 2.18. The van der Waals surface area contributed by atoms with Crippen molar-refractivity contribution in [2.24, 2.45) is 0 Å². The van der Waals surface area contributed by atoms with Crippen molar-refractivity contribution in [2.45, 2.75) is 10.1 Å². The number of halogens is 1. The van der Waals surface area contributed by atoms with Crippen molar-refractivity contribution in [1.82, 2.24) is 0 Å². The van der Waals surface area contributed by atoms with Crippen LogP contribution < -0.4 is 0 Å². The maximum atomic E-state index is 10.9. The fourth-order valence-corrected chi connectivity index (χ4v) is 2.37. The molecule has 0 radical (unpaired) electrons. The van der Waals surface area contributed by atoms with Gasteiger partial charge >= 0.3 is 0 Å². The second-order valence-electron chi connectivity index (χ2n) is 2.74. The molecule has 0 aliphatic carbocycles. The molecule has 1 aromatic carbocycles. The first-order chi connectivity index (χ1) is 6.27.